The number of piperidine rings is 1. The first-order chi connectivity index (χ1) is 10.3. The molecule has 1 N–H and O–H groups in total. The third kappa shape index (κ3) is 3.76. The summed E-state index contributed by atoms with van der Waals surface area (Å²) in [5.41, 5.74) is 1.01. The zero-order valence-corrected chi connectivity index (χ0v) is 12.6. The molecule has 114 valence electrons. The Labute approximate surface area is 127 Å². The van der Waals surface area contributed by atoms with Crippen LogP contribution in [0.2, 0.25) is 0 Å². The summed E-state index contributed by atoms with van der Waals surface area (Å²) < 4.78 is 0. The summed E-state index contributed by atoms with van der Waals surface area (Å²) in [6.07, 6.45) is 5.14. The zero-order valence-electron chi connectivity index (χ0n) is 12.6. The highest BCUT2D eigenvalue weighted by molar-refractivity contribution is 5.81. The minimum atomic E-state index is 0.221. The third-order valence-electron chi connectivity index (χ3n) is 4.64. The molecular formula is C17H25N3O. The molecule has 0 aromatic heterocycles. The number of benzene rings is 1. The maximum atomic E-state index is 12.3. The Morgan fingerprint density at radius 1 is 1.10 bits per heavy atom. The smallest absolute Gasteiger partial charge is 0.241 e. The van der Waals surface area contributed by atoms with Gasteiger partial charge in [0, 0.05) is 24.8 Å². The van der Waals surface area contributed by atoms with Gasteiger partial charge in [0.05, 0.1) is 6.54 Å². The van der Waals surface area contributed by atoms with Gasteiger partial charge >= 0.3 is 0 Å². The van der Waals surface area contributed by atoms with Crippen molar-refractivity contribution in [3.63, 3.8) is 0 Å². The van der Waals surface area contributed by atoms with E-state index in [1.165, 1.54) is 32.4 Å². The fraction of sp³-hybridized carbons (Fsp3) is 0.588. The van der Waals surface area contributed by atoms with Crippen molar-refractivity contribution in [2.45, 2.75) is 31.7 Å². The summed E-state index contributed by atoms with van der Waals surface area (Å²) in [6, 6.07) is 10.5. The van der Waals surface area contributed by atoms with E-state index in [0.717, 1.165) is 25.2 Å². The highest BCUT2D eigenvalue weighted by Crippen LogP contribution is 2.20. The molecule has 3 rings (SSSR count). The van der Waals surface area contributed by atoms with E-state index in [2.05, 4.69) is 10.2 Å². The van der Waals surface area contributed by atoms with Gasteiger partial charge in [-0.25, -0.2) is 0 Å². The van der Waals surface area contributed by atoms with Crippen LogP contribution in [0, 0.1) is 0 Å². The number of amides is 1. The maximum absolute atomic E-state index is 12.3. The van der Waals surface area contributed by atoms with Crippen molar-refractivity contribution < 1.29 is 4.79 Å². The van der Waals surface area contributed by atoms with Gasteiger partial charge in [-0.05, 0) is 44.5 Å². The van der Waals surface area contributed by atoms with E-state index in [0.29, 0.717) is 12.6 Å². The van der Waals surface area contributed by atoms with Gasteiger partial charge in [-0.2, -0.15) is 0 Å². The van der Waals surface area contributed by atoms with Gasteiger partial charge in [-0.15, -0.1) is 0 Å². The number of carbonyl (C=O) groups excluding carboxylic acids is 1. The van der Waals surface area contributed by atoms with Gasteiger partial charge in [0.2, 0.25) is 5.91 Å². The lowest BCUT2D eigenvalue weighted by molar-refractivity contribution is -0.128. The Hall–Kier alpha value is -1.55. The molecule has 2 saturated heterocycles. The second-order valence-corrected chi connectivity index (χ2v) is 6.10. The van der Waals surface area contributed by atoms with E-state index in [1.54, 1.807) is 0 Å². The molecule has 1 amide bonds. The Morgan fingerprint density at radius 2 is 1.86 bits per heavy atom. The number of hydrogen-bond donors (Lipinski definition) is 1. The van der Waals surface area contributed by atoms with E-state index in [9.17, 15) is 4.79 Å². The molecule has 4 heteroatoms. The van der Waals surface area contributed by atoms with E-state index in [4.69, 9.17) is 0 Å². The lowest BCUT2D eigenvalue weighted by Gasteiger charge is -2.32. The van der Waals surface area contributed by atoms with E-state index in [-0.39, 0.29) is 5.91 Å². The van der Waals surface area contributed by atoms with Crippen LogP contribution in [0.5, 0.6) is 0 Å². The highest BCUT2D eigenvalue weighted by Gasteiger charge is 2.30. The largest absolute Gasteiger partial charge is 0.376 e. The average molecular weight is 287 g/mol. The summed E-state index contributed by atoms with van der Waals surface area (Å²) >= 11 is 0. The molecular weight excluding hydrogens is 262 g/mol. The van der Waals surface area contributed by atoms with Crippen LogP contribution in [0.1, 0.15) is 25.7 Å². The molecule has 4 nitrogen and oxygen atoms in total. The predicted octanol–water partition coefficient (Wildman–Crippen LogP) is 2.19. The van der Waals surface area contributed by atoms with Crippen molar-refractivity contribution in [1.29, 1.82) is 0 Å². The first-order valence-electron chi connectivity index (χ1n) is 8.14. The van der Waals surface area contributed by atoms with Crippen molar-refractivity contribution in [2.24, 2.45) is 0 Å². The standard InChI is InChI=1S/C17H25N3O/c21-17(13-18-15-7-3-1-4-8-15)20-12-9-16(14-20)19-10-5-2-6-11-19/h1,3-4,7-8,16,18H,2,5-6,9-14H2. The summed E-state index contributed by atoms with van der Waals surface area (Å²) in [5.74, 6) is 0.221. The monoisotopic (exact) mass is 287 g/mol. The lowest BCUT2D eigenvalue weighted by atomic mass is 10.1. The highest BCUT2D eigenvalue weighted by atomic mass is 16.2. The Bertz CT molecular complexity index is 456. The van der Waals surface area contributed by atoms with Crippen LogP contribution in [-0.4, -0.2) is 54.5 Å². The van der Waals surface area contributed by atoms with E-state index >= 15 is 0 Å². The second-order valence-electron chi connectivity index (χ2n) is 6.10. The van der Waals surface area contributed by atoms with Crippen LogP contribution >= 0.6 is 0 Å². The number of likely N-dealkylation sites (tertiary alicyclic amines) is 2. The molecule has 0 saturated carbocycles. The second kappa shape index (κ2) is 6.94. The first-order valence-corrected chi connectivity index (χ1v) is 8.14. The van der Waals surface area contributed by atoms with Crippen LogP contribution in [0.15, 0.2) is 30.3 Å². The van der Waals surface area contributed by atoms with Gasteiger partial charge < -0.3 is 10.2 Å². The molecule has 21 heavy (non-hydrogen) atoms. The fourth-order valence-electron chi connectivity index (χ4n) is 3.40. The molecule has 2 aliphatic rings. The minimum Gasteiger partial charge on any atom is -0.376 e. The molecule has 2 aliphatic heterocycles. The van der Waals surface area contributed by atoms with Crippen LogP contribution in [0.3, 0.4) is 0 Å². The number of rotatable bonds is 4. The van der Waals surface area contributed by atoms with Crippen molar-refractivity contribution >= 4 is 11.6 Å². The molecule has 0 spiro atoms. The number of nitrogens with zero attached hydrogens (tertiary/aromatic N) is 2. The van der Waals surface area contributed by atoms with Gasteiger partial charge in [0.15, 0.2) is 0 Å². The Kier molecular flexibility index (Phi) is 4.76. The van der Waals surface area contributed by atoms with Crippen LogP contribution < -0.4 is 5.32 Å². The van der Waals surface area contributed by atoms with Crippen LogP contribution in [0.25, 0.3) is 0 Å². The summed E-state index contributed by atoms with van der Waals surface area (Å²) in [6.45, 7) is 4.66. The SMILES string of the molecule is O=C(CNc1ccccc1)N1CCC(N2CCCCC2)C1. The number of carbonyl (C=O) groups is 1. The number of nitrogens with one attached hydrogen (secondary N) is 1. The molecule has 1 atom stereocenters. The third-order valence-corrected chi connectivity index (χ3v) is 4.64. The molecule has 2 heterocycles. The number of anilines is 1. The minimum absolute atomic E-state index is 0.221. The Morgan fingerprint density at radius 3 is 2.62 bits per heavy atom. The van der Waals surface area contributed by atoms with Crippen LogP contribution in [-0.2, 0) is 4.79 Å². The zero-order chi connectivity index (χ0) is 14.5. The van der Waals surface area contributed by atoms with Gasteiger partial charge in [-0.3, -0.25) is 9.69 Å². The first kappa shape index (κ1) is 14.4. The molecule has 0 bridgehead atoms. The van der Waals surface area contributed by atoms with Crippen molar-refractivity contribution in [1.82, 2.24) is 9.80 Å². The summed E-state index contributed by atoms with van der Waals surface area (Å²) in [4.78, 5) is 16.9. The van der Waals surface area contributed by atoms with Crippen LogP contribution in [0.4, 0.5) is 5.69 Å². The Balaban J connectivity index is 1.45. The molecule has 1 aromatic rings. The number of hydrogen-bond acceptors (Lipinski definition) is 3. The number of para-hydroxylation sites is 1. The average Bonchev–Trinajstić information content (AvgIpc) is 3.04. The van der Waals surface area contributed by atoms with Crippen molar-refractivity contribution in [3.8, 4) is 0 Å². The lowest BCUT2D eigenvalue weighted by Crippen LogP contribution is -2.42. The topological polar surface area (TPSA) is 35.6 Å². The molecule has 0 aliphatic carbocycles. The summed E-state index contributed by atoms with van der Waals surface area (Å²) in [7, 11) is 0. The normalized spacial score (nSPS) is 23.2. The van der Waals surface area contributed by atoms with Crippen molar-refractivity contribution in [2.75, 3.05) is 38.0 Å². The van der Waals surface area contributed by atoms with Gasteiger partial charge in [-0.1, -0.05) is 24.6 Å². The maximum Gasteiger partial charge on any atom is 0.241 e. The van der Waals surface area contributed by atoms with Gasteiger partial charge in [0.25, 0.3) is 0 Å². The molecule has 2 fully saturated rings. The summed E-state index contributed by atoms with van der Waals surface area (Å²) in [5, 5.41) is 3.21. The van der Waals surface area contributed by atoms with Gasteiger partial charge in [0.1, 0.15) is 0 Å². The fourth-order valence-corrected chi connectivity index (χ4v) is 3.40. The predicted molar refractivity (Wildman–Crippen MR) is 85.3 cm³/mol. The quantitative estimate of drug-likeness (QED) is 0.922. The molecule has 1 unspecified atom stereocenters. The van der Waals surface area contributed by atoms with E-state index < -0.39 is 0 Å². The molecule has 1 aromatic carbocycles. The van der Waals surface area contributed by atoms with Crippen molar-refractivity contribution in [3.05, 3.63) is 30.3 Å². The van der Waals surface area contributed by atoms with E-state index in [1.807, 2.05) is 35.2 Å². The molecule has 0 radical (unpaired) electrons.